The summed E-state index contributed by atoms with van der Waals surface area (Å²) < 4.78 is 23.0. The first-order chi connectivity index (χ1) is 14.1. The third-order valence-electron chi connectivity index (χ3n) is 4.78. The molecule has 0 unspecified atom stereocenters. The molecule has 4 N–H and O–H groups in total. The highest BCUT2D eigenvalue weighted by Crippen LogP contribution is 2.34. The molecule has 4 heterocycles. The molecule has 29 heavy (non-hydrogen) atoms. The van der Waals surface area contributed by atoms with Crippen molar-refractivity contribution in [2.45, 2.75) is 31.1 Å². The van der Waals surface area contributed by atoms with Crippen LogP contribution in [0.1, 0.15) is 12.0 Å². The van der Waals surface area contributed by atoms with Crippen LogP contribution in [-0.4, -0.2) is 74.0 Å². The van der Waals surface area contributed by atoms with E-state index in [9.17, 15) is 15.3 Å². The standard InChI is InChI=1S/C17H21N5O7/c1-26-10-5-28-8(14(10)27-2)3-18-15-11-16(20-6-19-15)22(7-21-11)17-13(25)12(24)9(4-23)29-17/h5-7,9,12-13,17,23-25H,3-4H2,1-2H3,(H,18,19,20)/t9-,12-,13+,17-/m1/s1. The fourth-order valence-electron chi connectivity index (χ4n) is 3.29. The lowest BCUT2D eigenvalue weighted by molar-refractivity contribution is -0.0511. The van der Waals surface area contributed by atoms with E-state index in [1.165, 1.54) is 37.7 Å². The summed E-state index contributed by atoms with van der Waals surface area (Å²) in [5.41, 5.74) is 0.823. The Morgan fingerprint density at radius 3 is 2.69 bits per heavy atom. The molecule has 3 aromatic heterocycles. The summed E-state index contributed by atoms with van der Waals surface area (Å²) in [7, 11) is 3.03. The smallest absolute Gasteiger partial charge is 0.204 e. The Hall–Kier alpha value is -2.93. The lowest BCUT2D eigenvalue weighted by Crippen LogP contribution is -2.33. The van der Waals surface area contributed by atoms with Gasteiger partial charge >= 0.3 is 0 Å². The molecular formula is C17H21N5O7. The maximum Gasteiger partial charge on any atom is 0.204 e. The molecule has 1 saturated heterocycles. The van der Waals surface area contributed by atoms with Gasteiger partial charge < -0.3 is 39.3 Å². The summed E-state index contributed by atoms with van der Waals surface area (Å²) in [6.45, 7) is -0.170. The van der Waals surface area contributed by atoms with Crippen LogP contribution in [0.5, 0.6) is 11.5 Å². The molecule has 0 saturated carbocycles. The fourth-order valence-corrected chi connectivity index (χ4v) is 3.29. The van der Waals surface area contributed by atoms with E-state index >= 15 is 0 Å². The third kappa shape index (κ3) is 3.25. The van der Waals surface area contributed by atoms with Crippen molar-refractivity contribution in [3.8, 4) is 11.5 Å². The highest BCUT2D eigenvalue weighted by molar-refractivity contribution is 5.82. The molecule has 0 bridgehead atoms. The zero-order chi connectivity index (χ0) is 20.5. The lowest BCUT2D eigenvalue weighted by Gasteiger charge is -2.16. The normalized spacial score (nSPS) is 24.2. The van der Waals surface area contributed by atoms with Crippen LogP contribution in [0.3, 0.4) is 0 Å². The molecule has 1 aliphatic rings. The molecule has 1 aliphatic heterocycles. The summed E-state index contributed by atoms with van der Waals surface area (Å²) in [5, 5.41) is 32.6. The van der Waals surface area contributed by atoms with Crippen LogP contribution >= 0.6 is 0 Å². The second kappa shape index (κ2) is 7.83. The van der Waals surface area contributed by atoms with Crippen LogP contribution in [0.25, 0.3) is 11.2 Å². The molecule has 12 heteroatoms. The van der Waals surface area contributed by atoms with Gasteiger partial charge in [-0.1, -0.05) is 0 Å². The van der Waals surface area contributed by atoms with Gasteiger partial charge in [0.05, 0.1) is 33.7 Å². The highest BCUT2D eigenvalue weighted by Gasteiger charge is 2.44. The van der Waals surface area contributed by atoms with Crippen molar-refractivity contribution >= 4 is 17.0 Å². The van der Waals surface area contributed by atoms with Gasteiger partial charge in [-0.2, -0.15) is 0 Å². The van der Waals surface area contributed by atoms with Crippen molar-refractivity contribution in [1.29, 1.82) is 0 Å². The van der Waals surface area contributed by atoms with E-state index in [2.05, 4.69) is 20.3 Å². The number of aromatic nitrogens is 4. The second-order valence-corrected chi connectivity index (χ2v) is 6.39. The average molecular weight is 407 g/mol. The minimum atomic E-state index is -1.24. The van der Waals surface area contributed by atoms with E-state index in [0.717, 1.165) is 0 Å². The van der Waals surface area contributed by atoms with E-state index in [-0.39, 0.29) is 6.54 Å². The van der Waals surface area contributed by atoms with Gasteiger partial charge in [0.2, 0.25) is 5.75 Å². The van der Waals surface area contributed by atoms with Gasteiger partial charge in [-0.15, -0.1) is 0 Å². The van der Waals surface area contributed by atoms with Crippen LogP contribution in [0.4, 0.5) is 5.82 Å². The largest absolute Gasteiger partial charge is 0.490 e. The van der Waals surface area contributed by atoms with Gasteiger partial charge in [0.25, 0.3) is 0 Å². The molecule has 12 nitrogen and oxygen atoms in total. The number of nitrogens with zero attached hydrogens (tertiary/aromatic N) is 4. The maximum atomic E-state index is 10.3. The number of imidazole rings is 1. The van der Waals surface area contributed by atoms with Crippen LogP contribution in [0, 0.1) is 0 Å². The number of methoxy groups -OCH3 is 2. The Morgan fingerprint density at radius 2 is 2.00 bits per heavy atom. The molecule has 0 aliphatic carbocycles. The van der Waals surface area contributed by atoms with Gasteiger partial charge in [0.15, 0.2) is 34.7 Å². The van der Waals surface area contributed by atoms with Gasteiger partial charge in [-0.3, -0.25) is 4.57 Å². The first-order valence-corrected chi connectivity index (χ1v) is 8.81. The Labute approximate surface area is 164 Å². The lowest BCUT2D eigenvalue weighted by atomic mass is 10.1. The van der Waals surface area contributed by atoms with Crippen LogP contribution < -0.4 is 14.8 Å². The molecular weight excluding hydrogens is 386 g/mol. The molecule has 4 atom stereocenters. The molecule has 4 rings (SSSR count). The monoisotopic (exact) mass is 407 g/mol. The Balaban J connectivity index is 1.59. The minimum Gasteiger partial charge on any atom is -0.490 e. The van der Waals surface area contributed by atoms with Crippen molar-refractivity contribution in [2.75, 3.05) is 26.1 Å². The van der Waals surface area contributed by atoms with Gasteiger partial charge in [-0.25, -0.2) is 15.0 Å². The summed E-state index contributed by atoms with van der Waals surface area (Å²) in [4.78, 5) is 12.7. The predicted octanol–water partition coefficient (Wildman–Crippen LogP) is -0.340. The molecule has 0 radical (unpaired) electrons. The van der Waals surface area contributed by atoms with Crippen molar-refractivity contribution in [3.05, 3.63) is 24.7 Å². The minimum absolute atomic E-state index is 0.249. The number of hydrogen-bond acceptors (Lipinski definition) is 11. The van der Waals surface area contributed by atoms with Crippen LogP contribution in [0.15, 0.2) is 23.3 Å². The van der Waals surface area contributed by atoms with Crippen molar-refractivity contribution in [1.82, 2.24) is 19.5 Å². The summed E-state index contributed by atoms with van der Waals surface area (Å²) in [6.07, 6.45) is -0.0792. The average Bonchev–Trinajstić information content (AvgIpc) is 3.42. The molecule has 156 valence electrons. The van der Waals surface area contributed by atoms with E-state index in [4.69, 9.17) is 18.6 Å². The van der Waals surface area contributed by atoms with Gasteiger partial charge in [0.1, 0.15) is 30.9 Å². The first-order valence-electron chi connectivity index (χ1n) is 8.81. The SMILES string of the molecule is COc1coc(CNc2ncnc3c2ncn3[C@@H]2O[C@H](CO)[C@@H](O)[C@@H]2O)c1OC. The number of nitrogens with one attached hydrogen (secondary N) is 1. The predicted molar refractivity (Wildman–Crippen MR) is 97.5 cm³/mol. The summed E-state index contributed by atoms with van der Waals surface area (Å²) >= 11 is 0. The van der Waals surface area contributed by atoms with E-state index in [1.807, 2.05) is 0 Å². The highest BCUT2D eigenvalue weighted by atomic mass is 16.6. The van der Waals surface area contributed by atoms with E-state index in [1.54, 1.807) is 0 Å². The fraction of sp³-hybridized carbons (Fsp3) is 0.471. The summed E-state index contributed by atoms with van der Waals surface area (Å²) in [6, 6.07) is 0. The number of hydrogen-bond donors (Lipinski definition) is 4. The van der Waals surface area contributed by atoms with Crippen molar-refractivity contribution < 1.29 is 33.9 Å². The van der Waals surface area contributed by atoms with Gasteiger partial charge in [0, 0.05) is 0 Å². The zero-order valence-electron chi connectivity index (χ0n) is 15.7. The van der Waals surface area contributed by atoms with Gasteiger partial charge in [-0.05, 0) is 0 Å². The number of rotatable bonds is 7. The number of anilines is 1. The van der Waals surface area contributed by atoms with Crippen molar-refractivity contribution in [2.24, 2.45) is 0 Å². The Bertz CT molecular complexity index is 990. The van der Waals surface area contributed by atoms with Crippen LogP contribution in [0.2, 0.25) is 0 Å². The maximum absolute atomic E-state index is 10.3. The number of furan rings is 1. The number of ether oxygens (including phenoxy) is 3. The molecule has 0 spiro atoms. The Morgan fingerprint density at radius 1 is 1.17 bits per heavy atom. The van der Waals surface area contributed by atoms with Crippen molar-refractivity contribution in [3.63, 3.8) is 0 Å². The topological polar surface area (TPSA) is 157 Å². The Kier molecular flexibility index (Phi) is 5.24. The molecule has 0 aromatic carbocycles. The second-order valence-electron chi connectivity index (χ2n) is 6.39. The molecule has 3 aromatic rings. The number of fused-ring (bicyclic) bond motifs is 1. The van der Waals surface area contributed by atoms with E-state index < -0.39 is 31.1 Å². The first kappa shape index (κ1) is 19.4. The quantitative estimate of drug-likeness (QED) is 0.406. The van der Waals surface area contributed by atoms with E-state index in [0.29, 0.717) is 34.2 Å². The zero-order valence-corrected chi connectivity index (χ0v) is 15.7. The van der Waals surface area contributed by atoms with Crippen LogP contribution in [-0.2, 0) is 11.3 Å². The summed E-state index contributed by atoms with van der Waals surface area (Å²) in [5.74, 6) is 1.89. The molecule has 1 fully saturated rings. The number of aliphatic hydroxyl groups excluding tert-OH is 3. The number of aliphatic hydroxyl groups is 3. The third-order valence-corrected chi connectivity index (χ3v) is 4.78. The molecule has 0 amide bonds.